The van der Waals surface area contributed by atoms with Crippen LogP contribution in [0.3, 0.4) is 0 Å². The molecule has 188 valence electrons. The number of aryl methyl sites for hydroxylation is 1. The van der Waals surface area contributed by atoms with Crippen molar-refractivity contribution >= 4 is 32.6 Å². The van der Waals surface area contributed by atoms with E-state index in [2.05, 4.69) is 5.32 Å². The van der Waals surface area contributed by atoms with Gasteiger partial charge in [0.2, 0.25) is 10.0 Å². The van der Waals surface area contributed by atoms with E-state index in [4.69, 9.17) is 9.15 Å². The molecule has 0 saturated carbocycles. The highest BCUT2D eigenvalue weighted by atomic mass is 32.2. The van der Waals surface area contributed by atoms with E-state index in [9.17, 15) is 13.2 Å². The van der Waals surface area contributed by atoms with Crippen molar-refractivity contribution < 1.29 is 22.4 Å². The SMILES string of the molecule is CNC(=O)c1c(-c2ccc(C)cc2)oc2cc(N(C)S(C)(=O)=O)c(-c3ccc(OC(C)C)cc3)cc12. The van der Waals surface area contributed by atoms with Crippen LogP contribution in [0.4, 0.5) is 5.69 Å². The van der Waals surface area contributed by atoms with Crippen molar-refractivity contribution in [1.82, 2.24) is 5.32 Å². The van der Waals surface area contributed by atoms with Crippen LogP contribution in [0.1, 0.15) is 29.8 Å². The lowest BCUT2D eigenvalue weighted by Crippen LogP contribution is -2.25. The molecule has 0 fully saturated rings. The maximum Gasteiger partial charge on any atom is 0.255 e. The number of furan rings is 1. The van der Waals surface area contributed by atoms with Gasteiger partial charge in [-0.1, -0.05) is 42.0 Å². The molecule has 1 heterocycles. The molecule has 1 amide bonds. The van der Waals surface area contributed by atoms with Crippen LogP contribution in [-0.4, -0.2) is 40.8 Å². The standard InChI is InChI=1S/C28H30N2O5S/c1-17(2)34-21-13-11-19(12-14-21)22-15-23-25(16-24(22)30(5)36(6,32)33)35-27(26(23)28(31)29-4)20-9-7-18(3)8-10-20/h7-17H,1-6H3,(H,29,31). The molecule has 0 radical (unpaired) electrons. The summed E-state index contributed by atoms with van der Waals surface area (Å²) >= 11 is 0. The Bertz CT molecular complexity index is 1520. The van der Waals surface area contributed by atoms with E-state index in [-0.39, 0.29) is 12.0 Å². The molecule has 0 spiro atoms. The molecule has 4 rings (SSSR count). The van der Waals surface area contributed by atoms with Crippen molar-refractivity contribution in [3.63, 3.8) is 0 Å². The van der Waals surface area contributed by atoms with Crippen molar-refractivity contribution in [1.29, 1.82) is 0 Å². The first-order valence-electron chi connectivity index (χ1n) is 11.6. The number of nitrogens with one attached hydrogen (secondary N) is 1. The highest BCUT2D eigenvalue weighted by Crippen LogP contribution is 2.41. The minimum absolute atomic E-state index is 0.0281. The summed E-state index contributed by atoms with van der Waals surface area (Å²) in [5.74, 6) is 0.846. The number of fused-ring (bicyclic) bond motifs is 1. The van der Waals surface area contributed by atoms with Crippen LogP contribution in [-0.2, 0) is 10.0 Å². The summed E-state index contributed by atoms with van der Waals surface area (Å²) in [4.78, 5) is 13.0. The molecular weight excluding hydrogens is 476 g/mol. The summed E-state index contributed by atoms with van der Waals surface area (Å²) in [7, 11) is -0.503. The second-order valence-corrected chi connectivity index (χ2v) is 11.1. The number of anilines is 1. The maximum atomic E-state index is 13.0. The van der Waals surface area contributed by atoms with Crippen molar-refractivity contribution in [2.45, 2.75) is 26.9 Å². The molecule has 0 saturated heterocycles. The summed E-state index contributed by atoms with van der Waals surface area (Å²) < 4.78 is 38.2. The lowest BCUT2D eigenvalue weighted by atomic mass is 9.98. The largest absolute Gasteiger partial charge is 0.491 e. The zero-order valence-electron chi connectivity index (χ0n) is 21.2. The predicted molar refractivity (Wildman–Crippen MR) is 144 cm³/mol. The number of benzene rings is 3. The number of nitrogens with zero attached hydrogens (tertiary/aromatic N) is 1. The van der Waals surface area contributed by atoms with Gasteiger partial charge in [0, 0.05) is 36.7 Å². The Morgan fingerprint density at radius 3 is 2.17 bits per heavy atom. The van der Waals surface area contributed by atoms with Gasteiger partial charge in [0.25, 0.3) is 5.91 Å². The average Bonchev–Trinajstić information content (AvgIpc) is 3.20. The smallest absolute Gasteiger partial charge is 0.255 e. The molecule has 0 atom stereocenters. The first-order valence-corrected chi connectivity index (χ1v) is 13.4. The van der Waals surface area contributed by atoms with Gasteiger partial charge in [-0.3, -0.25) is 9.10 Å². The van der Waals surface area contributed by atoms with Crippen LogP contribution in [0.5, 0.6) is 5.75 Å². The predicted octanol–water partition coefficient (Wildman–Crippen LogP) is 5.62. The van der Waals surface area contributed by atoms with Gasteiger partial charge in [-0.2, -0.15) is 0 Å². The fraction of sp³-hybridized carbons (Fsp3) is 0.250. The van der Waals surface area contributed by atoms with Crippen molar-refractivity contribution in [3.05, 3.63) is 71.8 Å². The van der Waals surface area contributed by atoms with E-state index in [1.807, 2.05) is 75.4 Å². The van der Waals surface area contributed by atoms with Crippen molar-refractivity contribution in [3.8, 4) is 28.2 Å². The fourth-order valence-corrected chi connectivity index (χ4v) is 4.55. The number of amides is 1. The highest BCUT2D eigenvalue weighted by Gasteiger charge is 2.25. The van der Waals surface area contributed by atoms with Crippen molar-refractivity contribution in [2.24, 2.45) is 0 Å². The van der Waals surface area contributed by atoms with Gasteiger partial charge < -0.3 is 14.5 Å². The molecule has 8 heteroatoms. The van der Waals surface area contributed by atoms with Crippen LogP contribution in [0, 0.1) is 6.92 Å². The number of sulfonamides is 1. The first kappa shape index (κ1) is 25.3. The minimum atomic E-state index is -3.57. The van der Waals surface area contributed by atoms with Gasteiger partial charge in [0.1, 0.15) is 17.1 Å². The number of hydrogen-bond acceptors (Lipinski definition) is 5. The fourth-order valence-electron chi connectivity index (χ4n) is 4.05. The third-order valence-electron chi connectivity index (χ3n) is 5.95. The highest BCUT2D eigenvalue weighted by molar-refractivity contribution is 7.92. The summed E-state index contributed by atoms with van der Waals surface area (Å²) in [6, 6.07) is 18.6. The molecule has 36 heavy (non-hydrogen) atoms. The molecule has 1 N–H and O–H groups in total. The van der Waals surface area contributed by atoms with Gasteiger partial charge in [-0.25, -0.2) is 8.42 Å². The zero-order chi connectivity index (χ0) is 26.2. The quantitative estimate of drug-likeness (QED) is 0.352. The number of carbonyl (C=O) groups excluding carboxylic acids is 1. The second-order valence-electron chi connectivity index (χ2n) is 9.04. The van der Waals surface area contributed by atoms with E-state index in [1.165, 1.54) is 11.4 Å². The van der Waals surface area contributed by atoms with E-state index in [1.54, 1.807) is 13.1 Å². The normalized spacial score (nSPS) is 11.6. The third-order valence-corrected chi connectivity index (χ3v) is 7.14. The van der Waals surface area contributed by atoms with Crippen LogP contribution in [0.2, 0.25) is 0 Å². The number of ether oxygens (including phenoxy) is 1. The van der Waals surface area contributed by atoms with E-state index in [0.29, 0.717) is 39.3 Å². The Morgan fingerprint density at radius 2 is 1.61 bits per heavy atom. The molecule has 4 aromatic rings. The number of carbonyl (C=O) groups is 1. The summed E-state index contributed by atoms with van der Waals surface area (Å²) in [5.41, 5.74) is 4.51. The molecule has 0 bridgehead atoms. The molecule has 1 aromatic heterocycles. The molecule has 0 aliphatic rings. The van der Waals surface area contributed by atoms with Gasteiger partial charge in [-0.15, -0.1) is 0 Å². The van der Waals surface area contributed by atoms with Gasteiger partial charge in [0.15, 0.2) is 0 Å². The van der Waals surface area contributed by atoms with E-state index >= 15 is 0 Å². The van der Waals surface area contributed by atoms with Crippen LogP contribution in [0.15, 0.2) is 65.1 Å². The number of rotatable bonds is 7. The summed E-state index contributed by atoms with van der Waals surface area (Å²) in [6.07, 6.45) is 1.18. The Hall–Kier alpha value is -3.78. The summed E-state index contributed by atoms with van der Waals surface area (Å²) in [5, 5.41) is 3.30. The lowest BCUT2D eigenvalue weighted by molar-refractivity contribution is 0.0964. The zero-order valence-corrected chi connectivity index (χ0v) is 22.1. The minimum Gasteiger partial charge on any atom is -0.491 e. The molecular formula is C28H30N2O5S. The maximum absolute atomic E-state index is 13.0. The molecule has 0 aliphatic carbocycles. The Morgan fingerprint density at radius 1 is 1.00 bits per heavy atom. The topological polar surface area (TPSA) is 88.9 Å². The third kappa shape index (κ3) is 4.95. The summed E-state index contributed by atoms with van der Waals surface area (Å²) in [6.45, 7) is 5.89. The first-order chi connectivity index (χ1) is 17.0. The second kappa shape index (κ2) is 9.70. The van der Waals surface area contributed by atoms with Gasteiger partial charge >= 0.3 is 0 Å². The van der Waals surface area contributed by atoms with Crippen LogP contribution < -0.4 is 14.4 Å². The lowest BCUT2D eigenvalue weighted by Gasteiger charge is -2.21. The molecule has 0 aliphatic heterocycles. The Balaban J connectivity index is 2.00. The molecule has 3 aromatic carbocycles. The van der Waals surface area contributed by atoms with Crippen molar-refractivity contribution in [2.75, 3.05) is 24.7 Å². The monoisotopic (exact) mass is 506 g/mol. The average molecular weight is 507 g/mol. The molecule has 0 unspecified atom stereocenters. The molecule has 7 nitrogen and oxygen atoms in total. The van der Waals surface area contributed by atoms with E-state index in [0.717, 1.165) is 22.9 Å². The van der Waals surface area contributed by atoms with E-state index < -0.39 is 10.0 Å². The Labute approximate surface area is 211 Å². The van der Waals surface area contributed by atoms with Gasteiger partial charge in [0.05, 0.1) is 23.6 Å². The van der Waals surface area contributed by atoms with Crippen LogP contribution >= 0.6 is 0 Å². The van der Waals surface area contributed by atoms with Gasteiger partial charge in [-0.05, 0) is 44.5 Å². The Kier molecular flexibility index (Phi) is 6.82. The van der Waals surface area contributed by atoms with Crippen LogP contribution in [0.25, 0.3) is 33.4 Å². The number of hydrogen-bond donors (Lipinski definition) is 1.